The summed E-state index contributed by atoms with van der Waals surface area (Å²) in [5.74, 6) is -0.234. The Morgan fingerprint density at radius 2 is 2.33 bits per heavy atom. The number of rotatable bonds is 1. The lowest BCUT2D eigenvalue weighted by Crippen LogP contribution is -2.40. The van der Waals surface area contributed by atoms with Crippen LogP contribution in [0.15, 0.2) is 0 Å². The minimum absolute atomic E-state index is 0.107. The van der Waals surface area contributed by atoms with Gasteiger partial charge in [-0.2, -0.15) is 0 Å². The Morgan fingerprint density at radius 1 is 1.67 bits per heavy atom. The quantitative estimate of drug-likeness (QED) is 0.523. The fourth-order valence-electron chi connectivity index (χ4n) is 1.37. The van der Waals surface area contributed by atoms with Crippen LogP contribution in [0.1, 0.15) is 12.8 Å². The monoisotopic (exact) mass is 171 g/mol. The molecular weight excluding hydrogens is 158 g/mol. The molecule has 0 N–H and O–H groups in total. The van der Waals surface area contributed by atoms with Crippen molar-refractivity contribution in [2.75, 3.05) is 20.7 Å². The molecule has 0 unspecified atom stereocenters. The summed E-state index contributed by atoms with van der Waals surface area (Å²) in [5.41, 5.74) is 0. The number of hydrogen-bond acceptors (Lipinski definition) is 3. The van der Waals surface area contributed by atoms with Crippen LogP contribution in [-0.2, 0) is 14.3 Å². The summed E-state index contributed by atoms with van der Waals surface area (Å²) in [6.07, 6.45) is 1.08. The molecule has 4 heteroatoms. The van der Waals surface area contributed by atoms with E-state index in [0.29, 0.717) is 19.4 Å². The third-order valence-corrected chi connectivity index (χ3v) is 2.16. The van der Waals surface area contributed by atoms with Crippen molar-refractivity contribution in [1.29, 1.82) is 0 Å². The predicted octanol–water partition coefficient (Wildman–Crippen LogP) is 0.0278. The van der Waals surface area contributed by atoms with E-state index in [0.717, 1.165) is 0 Å². The molecule has 1 atom stereocenters. The van der Waals surface area contributed by atoms with E-state index in [1.54, 1.807) is 11.9 Å². The van der Waals surface area contributed by atoms with Crippen LogP contribution in [0.3, 0.4) is 0 Å². The van der Waals surface area contributed by atoms with E-state index in [2.05, 4.69) is 4.74 Å². The zero-order chi connectivity index (χ0) is 9.14. The number of nitrogens with zero attached hydrogens (tertiary/aromatic N) is 1. The van der Waals surface area contributed by atoms with Crippen molar-refractivity contribution >= 4 is 11.9 Å². The van der Waals surface area contributed by atoms with Crippen molar-refractivity contribution in [2.24, 2.45) is 5.92 Å². The zero-order valence-corrected chi connectivity index (χ0v) is 7.37. The first kappa shape index (κ1) is 9.03. The fraction of sp³-hybridized carbons (Fsp3) is 0.750. The van der Waals surface area contributed by atoms with Gasteiger partial charge in [-0.3, -0.25) is 9.59 Å². The van der Waals surface area contributed by atoms with Crippen molar-refractivity contribution in [2.45, 2.75) is 12.8 Å². The molecule has 0 aromatic rings. The Labute approximate surface area is 71.5 Å². The molecule has 0 spiro atoms. The first-order chi connectivity index (χ1) is 5.65. The van der Waals surface area contributed by atoms with E-state index >= 15 is 0 Å². The summed E-state index contributed by atoms with van der Waals surface area (Å²) < 4.78 is 4.60. The maximum absolute atomic E-state index is 11.1. The molecule has 1 saturated heterocycles. The van der Waals surface area contributed by atoms with Crippen molar-refractivity contribution in [1.82, 2.24) is 4.90 Å². The predicted molar refractivity (Wildman–Crippen MR) is 42.4 cm³/mol. The van der Waals surface area contributed by atoms with E-state index in [9.17, 15) is 9.59 Å². The van der Waals surface area contributed by atoms with E-state index in [-0.39, 0.29) is 17.8 Å². The molecular formula is C8H13NO3. The molecule has 0 aliphatic carbocycles. The number of hydrogen-bond donors (Lipinski definition) is 0. The summed E-state index contributed by atoms with van der Waals surface area (Å²) in [7, 11) is 3.08. The van der Waals surface area contributed by atoms with Crippen LogP contribution < -0.4 is 0 Å². The van der Waals surface area contributed by atoms with Gasteiger partial charge in [0.2, 0.25) is 5.91 Å². The van der Waals surface area contributed by atoms with Gasteiger partial charge in [0.25, 0.3) is 0 Å². The maximum atomic E-state index is 11.1. The van der Waals surface area contributed by atoms with Gasteiger partial charge in [-0.1, -0.05) is 0 Å². The lowest BCUT2D eigenvalue weighted by Gasteiger charge is -2.27. The first-order valence-electron chi connectivity index (χ1n) is 3.97. The average Bonchev–Trinajstić information content (AvgIpc) is 2.08. The highest BCUT2D eigenvalue weighted by molar-refractivity contribution is 5.80. The van der Waals surface area contributed by atoms with Crippen LogP contribution in [-0.4, -0.2) is 37.5 Å². The van der Waals surface area contributed by atoms with Gasteiger partial charge in [-0.05, 0) is 6.42 Å². The summed E-state index contributed by atoms with van der Waals surface area (Å²) in [6, 6.07) is 0. The zero-order valence-electron chi connectivity index (χ0n) is 7.37. The second-order valence-electron chi connectivity index (χ2n) is 3.03. The average molecular weight is 171 g/mol. The standard InChI is InChI=1S/C8H13NO3/c1-9-5-6(8(11)12-2)3-4-7(9)10/h6H,3-5H2,1-2H3/t6-/m0/s1. The lowest BCUT2D eigenvalue weighted by molar-refractivity contribution is -0.149. The first-order valence-corrected chi connectivity index (χ1v) is 3.97. The van der Waals surface area contributed by atoms with Crippen LogP contribution in [0.25, 0.3) is 0 Å². The molecule has 1 aliphatic rings. The third-order valence-electron chi connectivity index (χ3n) is 2.16. The largest absolute Gasteiger partial charge is 0.469 e. The van der Waals surface area contributed by atoms with Gasteiger partial charge in [-0.25, -0.2) is 0 Å². The van der Waals surface area contributed by atoms with Crippen LogP contribution in [0, 0.1) is 5.92 Å². The van der Waals surface area contributed by atoms with Crippen LogP contribution >= 0.6 is 0 Å². The van der Waals surface area contributed by atoms with E-state index < -0.39 is 0 Å². The number of amides is 1. The van der Waals surface area contributed by atoms with Gasteiger partial charge < -0.3 is 9.64 Å². The number of methoxy groups -OCH3 is 1. The number of ether oxygens (including phenoxy) is 1. The minimum atomic E-state index is -0.214. The highest BCUT2D eigenvalue weighted by Gasteiger charge is 2.28. The molecule has 0 aromatic heterocycles. The molecule has 12 heavy (non-hydrogen) atoms. The van der Waals surface area contributed by atoms with Crippen LogP contribution in [0.5, 0.6) is 0 Å². The highest BCUT2D eigenvalue weighted by Crippen LogP contribution is 2.16. The van der Waals surface area contributed by atoms with Gasteiger partial charge >= 0.3 is 5.97 Å². The minimum Gasteiger partial charge on any atom is -0.469 e. The Bertz CT molecular complexity index is 202. The summed E-state index contributed by atoms with van der Waals surface area (Å²) >= 11 is 0. The van der Waals surface area contributed by atoms with E-state index in [1.165, 1.54) is 7.11 Å². The topological polar surface area (TPSA) is 46.6 Å². The van der Waals surface area contributed by atoms with Crippen LogP contribution in [0.4, 0.5) is 0 Å². The highest BCUT2D eigenvalue weighted by atomic mass is 16.5. The number of carbonyl (C=O) groups excluding carboxylic acids is 2. The Morgan fingerprint density at radius 3 is 2.83 bits per heavy atom. The molecule has 1 fully saturated rings. The SMILES string of the molecule is COC(=O)[C@H]1CCC(=O)N(C)C1. The van der Waals surface area contributed by atoms with Crippen molar-refractivity contribution < 1.29 is 14.3 Å². The Balaban J connectivity index is 2.50. The summed E-state index contributed by atoms with van der Waals surface area (Å²) in [6.45, 7) is 0.492. The Hall–Kier alpha value is -1.06. The molecule has 0 radical (unpaired) electrons. The molecule has 68 valence electrons. The molecule has 0 saturated carbocycles. The Kier molecular flexibility index (Phi) is 2.68. The molecule has 1 aliphatic heterocycles. The molecule has 1 heterocycles. The number of carbonyl (C=O) groups is 2. The second-order valence-corrected chi connectivity index (χ2v) is 3.03. The van der Waals surface area contributed by atoms with Gasteiger partial charge in [0.05, 0.1) is 13.0 Å². The van der Waals surface area contributed by atoms with Crippen molar-refractivity contribution in [3.8, 4) is 0 Å². The maximum Gasteiger partial charge on any atom is 0.310 e. The second kappa shape index (κ2) is 3.56. The molecule has 1 rings (SSSR count). The number of likely N-dealkylation sites (tertiary alicyclic amines) is 1. The van der Waals surface area contributed by atoms with Crippen LogP contribution in [0.2, 0.25) is 0 Å². The normalized spacial score (nSPS) is 24.0. The molecule has 1 amide bonds. The third kappa shape index (κ3) is 1.75. The smallest absolute Gasteiger partial charge is 0.310 e. The lowest BCUT2D eigenvalue weighted by atomic mass is 9.98. The molecule has 4 nitrogen and oxygen atoms in total. The number of esters is 1. The van der Waals surface area contributed by atoms with E-state index in [1.807, 2.05) is 0 Å². The molecule has 0 bridgehead atoms. The fourth-order valence-corrected chi connectivity index (χ4v) is 1.37. The molecule has 0 aromatic carbocycles. The van der Waals surface area contributed by atoms with Crippen molar-refractivity contribution in [3.63, 3.8) is 0 Å². The number of piperidine rings is 1. The van der Waals surface area contributed by atoms with E-state index in [4.69, 9.17) is 0 Å². The van der Waals surface area contributed by atoms with Crippen molar-refractivity contribution in [3.05, 3.63) is 0 Å². The van der Waals surface area contributed by atoms with Gasteiger partial charge in [0.1, 0.15) is 0 Å². The van der Waals surface area contributed by atoms with Gasteiger partial charge in [0.15, 0.2) is 0 Å². The summed E-state index contributed by atoms with van der Waals surface area (Å²) in [4.78, 5) is 23.7. The van der Waals surface area contributed by atoms with Gasteiger partial charge in [-0.15, -0.1) is 0 Å². The summed E-state index contributed by atoms with van der Waals surface area (Å²) in [5, 5.41) is 0. The van der Waals surface area contributed by atoms with Gasteiger partial charge in [0, 0.05) is 20.0 Å².